The molecule has 2 nitrogen and oxygen atoms in total. The van der Waals surface area contributed by atoms with E-state index in [4.69, 9.17) is 24.2 Å². The highest BCUT2D eigenvalue weighted by atomic mass is 35.5. The molecule has 8 rings (SSSR count). The van der Waals surface area contributed by atoms with Gasteiger partial charge in [0.05, 0.1) is 19.3 Å². The van der Waals surface area contributed by atoms with E-state index in [0.717, 1.165) is 33.0 Å². The number of hydrogen-bond donors (Lipinski definition) is 0. The molecule has 0 N–H and O–H groups in total. The summed E-state index contributed by atoms with van der Waals surface area (Å²) < 4.78 is 60.3. The molecule has 0 spiro atoms. The molecule has 0 radical (unpaired) electrons. The van der Waals surface area contributed by atoms with Crippen molar-refractivity contribution in [3.63, 3.8) is 0 Å². The van der Waals surface area contributed by atoms with Gasteiger partial charge in [0.2, 0.25) is 0 Å². The number of nitrogens with zero attached hydrogens (tertiary/aromatic N) is 1. The van der Waals surface area contributed by atoms with Gasteiger partial charge in [-0.25, -0.2) is 0 Å². The minimum absolute atomic E-state index is 0.0101. The van der Waals surface area contributed by atoms with Crippen molar-refractivity contribution in [3.8, 4) is 27.9 Å². The van der Waals surface area contributed by atoms with Gasteiger partial charge in [0.25, 0.3) is 0 Å². The third kappa shape index (κ3) is 3.49. The number of rotatable bonds is 3. The van der Waals surface area contributed by atoms with Crippen LogP contribution in [0.15, 0.2) is 138 Å². The van der Waals surface area contributed by atoms with Crippen molar-refractivity contribution >= 4 is 55.3 Å². The number of aromatic nitrogens is 1. The summed E-state index contributed by atoms with van der Waals surface area (Å²) in [4.78, 5) is 0. The number of fused-ring (bicyclic) bond motifs is 6. The molecular weight excluding hydrogens is 498 g/mol. The second-order valence-corrected chi connectivity index (χ2v) is 9.89. The van der Waals surface area contributed by atoms with Gasteiger partial charge < -0.3 is 8.98 Å². The minimum Gasteiger partial charge on any atom is -0.455 e. The number of benzene rings is 6. The Morgan fingerprint density at radius 3 is 2.08 bits per heavy atom. The lowest BCUT2D eigenvalue weighted by Crippen LogP contribution is -1.95. The number of para-hydroxylation sites is 2. The van der Waals surface area contributed by atoms with E-state index in [0.29, 0.717) is 32.9 Å². The van der Waals surface area contributed by atoms with Crippen molar-refractivity contribution in [2.45, 2.75) is 0 Å². The fraction of sp³-hybridized carbons (Fsp3) is 0. The molecule has 2 aromatic heterocycles. The molecule has 0 saturated heterocycles. The Hall–Kier alpha value is -4.79. The molecule has 184 valence electrons. The van der Waals surface area contributed by atoms with Crippen molar-refractivity contribution in [3.05, 3.63) is 138 Å². The van der Waals surface area contributed by atoms with Crippen LogP contribution in [0.1, 0.15) is 8.22 Å². The molecule has 6 aromatic carbocycles. The highest BCUT2D eigenvalue weighted by Gasteiger charge is 2.18. The first-order valence-corrected chi connectivity index (χ1v) is 12.9. The Bertz CT molecular complexity index is 2450. The molecule has 0 fully saturated rings. The van der Waals surface area contributed by atoms with E-state index in [1.807, 2.05) is 54.6 Å². The predicted octanol–water partition coefficient (Wildman–Crippen LogP) is 10.7. The zero-order valence-corrected chi connectivity index (χ0v) is 21.2. The lowest BCUT2D eigenvalue weighted by atomic mass is 9.97. The zero-order chi connectivity index (χ0) is 31.1. The molecule has 0 aliphatic carbocycles. The van der Waals surface area contributed by atoms with E-state index in [9.17, 15) is 0 Å². The van der Waals surface area contributed by atoms with Crippen LogP contribution in [-0.2, 0) is 0 Å². The Morgan fingerprint density at radius 1 is 0.590 bits per heavy atom. The molecule has 0 aliphatic heterocycles. The number of halogens is 1. The molecule has 3 heteroatoms. The van der Waals surface area contributed by atoms with Crippen molar-refractivity contribution in [2.24, 2.45) is 0 Å². The van der Waals surface area contributed by atoms with E-state index in [1.54, 1.807) is 16.7 Å². The second-order valence-electron chi connectivity index (χ2n) is 9.46. The summed E-state index contributed by atoms with van der Waals surface area (Å²) in [6.07, 6.45) is 0. The van der Waals surface area contributed by atoms with Gasteiger partial charge in [0.1, 0.15) is 11.2 Å². The molecule has 39 heavy (non-hydrogen) atoms. The van der Waals surface area contributed by atoms with E-state index >= 15 is 0 Å². The van der Waals surface area contributed by atoms with Crippen LogP contribution in [0.2, 0.25) is 5.02 Å². The van der Waals surface area contributed by atoms with E-state index < -0.39 is 0 Å². The Labute approximate surface area is 238 Å². The summed E-state index contributed by atoms with van der Waals surface area (Å²) in [5, 5.41) is 2.59. The third-order valence-corrected chi connectivity index (χ3v) is 7.42. The largest absolute Gasteiger partial charge is 0.455 e. The van der Waals surface area contributed by atoms with Gasteiger partial charge in [-0.1, -0.05) is 96.4 Å². The quantitative estimate of drug-likeness (QED) is 0.224. The van der Waals surface area contributed by atoms with Crippen molar-refractivity contribution in [1.29, 1.82) is 0 Å². The van der Waals surface area contributed by atoms with Crippen molar-refractivity contribution in [1.82, 2.24) is 4.57 Å². The topological polar surface area (TPSA) is 18.1 Å². The highest BCUT2D eigenvalue weighted by Crippen LogP contribution is 2.41. The molecule has 0 atom stereocenters. The summed E-state index contributed by atoms with van der Waals surface area (Å²) in [7, 11) is 0. The molecular formula is C36H22ClNO. The minimum atomic E-state index is -0.153. The SMILES string of the molecule is [2H]c1cc([2H])c2c(c1[2H])c1c([2H])c([2H])cc([2H])c1n2-c1cc(-c2cccc(-c3ccccc3)c2)c2oc3cc(Cl)ccc3c2c1. The van der Waals surface area contributed by atoms with Crippen LogP contribution in [0.3, 0.4) is 0 Å². The first-order chi connectivity index (χ1) is 21.7. The lowest BCUT2D eigenvalue weighted by Gasteiger charge is -2.12. The van der Waals surface area contributed by atoms with Gasteiger partial charge in [-0.05, 0) is 59.1 Å². The Kier molecular flexibility index (Phi) is 3.74. The van der Waals surface area contributed by atoms with Gasteiger partial charge >= 0.3 is 0 Å². The molecule has 8 aromatic rings. The molecule has 0 amide bonds. The summed E-state index contributed by atoms with van der Waals surface area (Å²) in [6, 6.07) is 29.5. The predicted molar refractivity (Wildman–Crippen MR) is 164 cm³/mol. The molecule has 0 unspecified atom stereocenters. The van der Waals surface area contributed by atoms with Crippen LogP contribution in [0.25, 0.3) is 71.7 Å². The van der Waals surface area contributed by atoms with Crippen LogP contribution in [0.4, 0.5) is 0 Å². The summed E-state index contributed by atoms with van der Waals surface area (Å²) in [5.41, 5.74) is 6.19. The van der Waals surface area contributed by atoms with Crippen molar-refractivity contribution in [2.75, 3.05) is 0 Å². The van der Waals surface area contributed by atoms with Gasteiger partial charge in [-0.3, -0.25) is 0 Å². The molecule has 2 heterocycles. The van der Waals surface area contributed by atoms with Gasteiger partial charge in [-0.2, -0.15) is 0 Å². The maximum Gasteiger partial charge on any atom is 0.143 e. The fourth-order valence-corrected chi connectivity index (χ4v) is 5.61. The van der Waals surface area contributed by atoms with Gasteiger partial charge in [0, 0.05) is 43.9 Å². The molecule has 0 aliphatic rings. The highest BCUT2D eigenvalue weighted by molar-refractivity contribution is 6.31. The van der Waals surface area contributed by atoms with Gasteiger partial charge in [-0.15, -0.1) is 0 Å². The third-order valence-electron chi connectivity index (χ3n) is 7.19. The summed E-state index contributed by atoms with van der Waals surface area (Å²) in [6.45, 7) is 0. The van der Waals surface area contributed by atoms with Crippen LogP contribution in [0, 0.1) is 0 Å². The summed E-state index contributed by atoms with van der Waals surface area (Å²) >= 11 is 6.35. The van der Waals surface area contributed by atoms with Crippen LogP contribution < -0.4 is 0 Å². The van der Waals surface area contributed by atoms with Crippen molar-refractivity contribution < 1.29 is 12.6 Å². The monoisotopic (exact) mass is 525 g/mol. The first kappa shape index (κ1) is 16.9. The maximum atomic E-state index is 8.92. The lowest BCUT2D eigenvalue weighted by molar-refractivity contribution is 0.670. The Morgan fingerprint density at radius 2 is 1.31 bits per heavy atom. The van der Waals surface area contributed by atoms with Crippen LogP contribution >= 0.6 is 11.6 Å². The Balaban J connectivity index is 1.54. The van der Waals surface area contributed by atoms with E-state index in [2.05, 4.69) is 18.2 Å². The fourth-order valence-electron chi connectivity index (χ4n) is 5.45. The number of furan rings is 1. The second kappa shape index (κ2) is 8.62. The van der Waals surface area contributed by atoms with Crippen LogP contribution in [0.5, 0.6) is 0 Å². The number of hydrogen-bond acceptors (Lipinski definition) is 1. The standard InChI is InChI=1S/C36H22ClNO/c37-26-17-18-30-32-22-27(38-33-15-6-4-13-28(33)29-14-5-7-16-34(29)38)21-31(36(32)39-35(30)20-26)25-12-8-11-24(19-25)23-9-2-1-3-10-23/h1-22H/i4D,5D,13D,14D,15D,16D. The maximum absolute atomic E-state index is 8.92. The van der Waals surface area contributed by atoms with E-state index in [-0.39, 0.29) is 47.0 Å². The molecule has 0 bridgehead atoms. The average Bonchev–Trinajstić information content (AvgIpc) is 3.59. The molecule has 0 saturated carbocycles. The van der Waals surface area contributed by atoms with E-state index in [1.165, 1.54) is 12.1 Å². The first-order valence-electron chi connectivity index (χ1n) is 15.5. The summed E-state index contributed by atoms with van der Waals surface area (Å²) in [5.74, 6) is 0. The van der Waals surface area contributed by atoms with Crippen LogP contribution in [-0.4, -0.2) is 4.57 Å². The zero-order valence-electron chi connectivity index (χ0n) is 26.5. The normalized spacial score (nSPS) is 13.9. The average molecular weight is 526 g/mol. The van der Waals surface area contributed by atoms with Gasteiger partial charge in [0.15, 0.2) is 0 Å². The smallest absolute Gasteiger partial charge is 0.143 e.